The highest BCUT2D eigenvalue weighted by Gasteiger charge is 2.23. The molecule has 19 heavy (non-hydrogen) atoms. The number of nitrogens with one attached hydrogen (secondary N) is 1. The molecule has 3 rings (SSSR count). The van der Waals surface area contributed by atoms with Crippen LogP contribution < -0.4 is 16.0 Å². The average molecular weight is 256 g/mol. The van der Waals surface area contributed by atoms with E-state index in [1.807, 2.05) is 18.2 Å². The minimum Gasteiger partial charge on any atom is -0.399 e. The molecule has 0 unspecified atom stereocenters. The lowest BCUT2D eigenvalue weighted by Crippen LogP contribution is -2.51. The Balaban J connectivity index is 1.99. The van der Waals surface area contributed by atoms with Crippen molar-refractivity contribution < 1.29 is 9.59 Å². The van der Waals surface area contributed by atoms with Crippen LogP contribution in [0.4, 0.5) is 11.5 Å². The SMILES string of the molecule is Nc1ccc2nc(N3CC(=O)NC(=O)C3)ccc2c1. The summed E-state index contributed by atoms with van der Waals surface area (Å²) in [6.07, 6.45) is 0. The maximum Gasteiger partial charge on any atom is 0.246 e. The summed E-state index contributed by atoms with van der Waals surface area (Å²) in [7, 11) is 0. The van der Waals surface area contributed by atoms with Gasteiger partial charge in [-0.2, -0.15) is 0 Å². The van der Waals surface area contributed by atoms with Crippen LogP contribution in [0.2, 0.25) is 0 Å². The lowest BCUT2D eigenvalue weighted by molar-refractivity contribution is -0.130. The highest BCUT2D eigenvalue weighted by Crippen LogP contribution is 2.20. The summed E-state index contributed by atoms with van der Waals surface area (Å²) in [5, 5.41) is 3.19. The third-order valence-electron chi connectivity index (χ3n) is 2.97. The highest BCUT2D eigenvalue weighted by atomic mass is 16.2. The number of anilines is 2. The van der Waals surface area contributed by atoms with E-state index in [0.717, 1.165) is 10.9 Å². The number of nitrogen functional groups attached to an aromatic ring is 1. The molecule has 0 atom stereocenters. The van der Waals surface area contributed by atoms with Crippen LogP contribution >= 0.6 is 0 Å². The Labute approximate surface area is 109 Å². The normalized spacial score (nSPS) is 15.7. The summed E-state index contributed by atoms with van der Waals surface area (Å²) in [5.74, 6) is -0.00798. The molecule has 2 amide bonds. The van der Waals surface area contributed by atoms with Gasteiger partial charge in [-0.1, -0.05) is 0 Å². The Morgan fingerprint density at radius 2 is 1.84 bits per heavy atom. The number of nitrogens with two attached hydrogens (primary N) is 1. The second kappa shape index (κ2) is 4.24. The third kappa shape index (κ3) is 2.20. The molecule has 1 saturated heterocycles. The molecule has 0 bridgehead atoms. The van der Waals surface area contributed by atoms with E-state index in [0.29, 0.717) is 11.5 Å². The molecular formula is C13H12N4O2. The van der Waals surface area contributed by atoms with Crippen molar-refractivity contribution in [3.63, 3.8) is 0 Å². The molecular weight excluding hydrogens is 244 g/mol. The molecule has 1 fully saturated rings. The van der Waals surface area contributed by atoms with E-state index in [2.05, 4.69) is 10.3 Å². The Morgan fingerprint density at radius 1 is 1.11 bits per heavy atom. The molecule has 0 saturated carbocycles. The van der Waals surface area contributed by atoms with Gasteiger partial charge >= 0.3 is 0 Å². The smallest absolute Gasteiger partial charge is 0.246 e. The number of amides is 2. The third-order valence-corrected chi connectivity index (χ3v) is 2.97. The molecule has 96 valence electrons. The summed E-state index contributed by atoms with van der Waals surface area (Å²) in [5.41, 5.74) is 7.16. The zero-order valence-corrected chi connectivity index (χ0v) is 10.1. The maximum atomic E-state index is 11.3. The largest absolute Gasteiger partial charge is 0.399 e. The Bertz CT molecular complexity index is 667. The van der Waals surface area contributed by atoms with Crippen molar-refractivity contribution >= 4 is 34.2 Å². The lowest BCUT2D eigenvalue weighted by atomic mass is 10.2. The van der Waals surface area contributed by atoms with Crippen molar-refractivity contribution in [1.29, 1.82) is 0 Å². The lowest BCUT2D eigenvalue weighted by Gasteiger charge is -2.26. The second-order valence-corrected chi connectivity index (χ2v) is 4.45. The molecule has 0 radical (unpaired) electrons. The van der Waals surface area contributed by atoms with Crippen LogP contribution in [0.3, 0.4) is 0 Å². The number of pyridine rings is 1. The van der Waals surface area contributed by atoms with E-state index in [-0.39, 0.29) is 24.9 Å². The first-order valence-electron chi connectivity index (χ1n) is 5.86. The van der Waals surface area contributed by atoms with Gasteiger partial charge in [-0.25, -0.2) is 4.98 Å². The highest BCUT2D eigenvalue weighted by molar-refractivity contribution is 6.02. The standard InChI is InChI=1S/C13H12N4O2/c14-9-2-3-10-8(5-9)1-4-11(15-10)17-6-12(18)16-13(19)7-17/h1-5H,6-7,14H2,(H,16,18,19). The van der Waals surface area contributed by atoms with Crippen LogP contribution in [0.15, 0.2) is 30.3 Å². The number of carbonyl (C=O) groups excluding carboxylic acids is 2. The summed E-state index contributed by atoms with van der Waals surface area (Å²) in [4.78, 5) is 28.8. The molecule has 6 heteroatoms. The van der Waals surface area contributed by atoms with Gasteiger partial charge in [0.15, 0.2) is 0 Å². The van der Waals surface area contributed by atoms with E-state index < -0.39 is 0 Å². The minimum atomic E-state index is -0.310. The predicted octanol–water partition coefficient (Wildman–Crippen LogP) is 0.280. The molecule has 1 aromatic heterocycles. The fourth-order valence-electron chi connectivity index (χ4n) is 2.11. The number of benzene rings is 1. The first-order chi connectivity index (χ1) is 9.11. The van der Waals surface area contributed by atoms with Crippen LogP contribution in [0.25, 0.3) is 10.9 Å². The van der Waals surface area contributed by atoms with Gasteiger partial charge in [0.05, 0.1) is 18.6 Å². The van der Waals surface area contributed by atoms with E-state index in [1.54, 1.807) is 17.0 Å². The number of hydrogen-bond donors (Lipinski definition) is 2. The number of hydrogen-bond acceptors (Lipinski definition) is 5. The van der Waals surface area contributed by atoms with Crippen molar-refractivity contribution in [2.45, 2.75) is 0 Å². The number of fused-ring (bicyclic) bond motifs is 1. The zero-order chi connectivity index (χ0) is 13.4. The summed E-state index contributed by atoms with van der Waals surface area (Å²) in [6.45, 7) is 0.276. The second-order valence-electron chi connectivity index (χ2n) is 4.45. The van der Waals surface area contributed by atoms with Crippen LogP contribution in [0, 0.1) is 0 Å². The number of piperazine rings is 1. The van der Waals surface area contributed by atoms with E-state index in [4.69, 9.17) is 5.73 Å². The molecule has 1 aliphatic rings. The fourth-order valence-corrected chi connectivity index (χ4v) is 2.11. The summed E-state index contributed by atoms with van der Waals surface area (Å²) < 4.78 is 0. The Hall–Kier alpha value is -2.63. The molecule has 6 nitrogen and oxygen atoms in total. The first-order valence-corrected chi connectivity index (χ1v) is 5.86. The number of nitrogens with zero attached hydrogens (tertiary/aromatic N) is 2. The quantitative estimate of drug-likeness (QED) is 0.565. The van der Waals surface area contributed by atoms with Crippen molar-refractivity contribution in [3.8, 4) is 0 Å². The molecule has 0 aliphatic carbocycles. The maximum absolute atomic E-state index is 11.3. The monoisotopic (exact) mass is 256 g/mol. The van der Waals surface area contributed by atoms with E-state index in [9.17, 15) is 9.59 Å². The van der Waals surface area contributed by atoms with Crippen molar-refractivity contribution in [3.05, 3.63) is 30.3 Å². The Morgan fingerprint density at radius 3 is 2.58 bits per heavy atom. The average Bonchev–Trinajstić information content (AvgIpc) is 2.37. The van der Waals surface area contributed by atoms with Gasteiger partial charge in [0.25, 0.3) is 0 Å². The van der Waals surface area contributed by atoms with Gasteiger partial charge in [0.1, 0.15) is 5.82 Å². The van der Waals surface area contributed by atoms with Gasteiger partial charge in [0.2, 0.25) is 11.8 Å². The van der Waals surface area contributed by atoms with E-state index in [1.165, 1.54) is 0 Å². The van der Waals surface area contributed by atoms with Crippen molar-refractivity contribution in [2.75, 3.05) is 23.7 Å². The molecule has 2 heterocycles. The summed E-state index contributed by atoms with van der Waals surface area (Å²) >= 11 is 0. The van der Waals surface area contributed by atoms with Gasteiger partial charge in [0, 0.05) is 11.1 Å². The zero-order valence-electron chi connectivity index (χ0n) is 10.1. The molecule has 3 N–H and O–H groups in total. The topological polar surface area (TPSA) is 88.3 Å². The molecule has 1 aromatic carbocycles. The van der Waals surface area contributed by atoms with Crippen LogP contribution in [0.5, 0.6) is 0 Å². The van der Waals surface area contributed by atoms with Crippen molar-refractivity contribution in [1.82, 2.24) is 10.3 Å². The first kappa shape index (κ1) is 11.5. The van der Waals surface area contributed by atoms with E-state index >= 15 is 0 Å². The predicted molar refractivity (Wildman–Crippen MR) is 71.5 cm³/mol. The minimum absolute atomic E-state index is 0.138. The molecule has 0 spiro atoms. The van der Waals surface area contributed by atoms with Gasteiger partial charge in [-0.15, -0.1) is 0 Å². The van der Waals surface area contributed by atoms with Crippen LogP contribution in [-0.4, -0.2) is 29.9 Å². The number of imide groups is 1. The number of carbonyl (C=O) groups is 2. The van der Waals surface area contributed by atoms with Gasteiger partial charge in [-0.3, -0.25) is 14.9 Å². The molecule has 2 aromatic rings. The van der Waals surface area contributed by atoms with Crippen LogP contribution in [-0.2, 0) is 9.59 Å². The van der Waals surface area contributed by atoms with Crippen LogP contribution in [0.1, 0.15) is 0 Å². The van der Waals surface area contributed by atoms with Gasteiger partial charge in [-0.05, 0) is 30.3 Å². The fraction of sp³-hybridized carbons (Fsp3) is 0.154. The summed E-state index contributed by atoms with van der Waals surface area (Å²) in [6, 6.07) is 9.09. The number of aromatic nitrogens is 1. The molecule has 1 aliphatic heterocycles. The Kier molecular flexibility index (Phi) is 2.56. The van der Waals surface area contributed by atoms with Gasteiger partial charge < -0.3 is 10.6 Å². The van der Waals surface area contributed by atoms with Crippen molar-refractivity contribution in [2.24, 2.45) is 0 Å². The number of rotatable bonds is 1.